The predicted molar refractivity (Wildman–Crippen MR) is 87.6 cm³/mol. The summed E-state index contributed by atoms with van der Waals surface area (Å²) in [5.41, 5.74) is 3.78. The minimum absolute atomic E-state index is 0. The van der Waals surface area contributed by atoms with Crippen molar-refractivity contribution < 1.29 is 47.3 Å². The van der Waals surface area contributed by atoms with Crippen LogP contribution in [-0.4, -0.2) is 5.11 Å². The average Bonchev–Trinajstić information content (AvgIpc) is 2.99. The van der Waals surface area contributed by atoms with Crippen LogP contribution in [0, 0.1) is 43.8 Å². The molecule has 0 unspecified atom stereocenters. The number of phenols is 1. The van der Waals surface area contributed by atoms with E-state index in [1.807, 2.05) is 60.7 Å². The molecule has 0 aliphatic carbocycles. The van der Waals surface area contributed by atoms with Crippen LogP contribution in [0.4, 0.5) is 0 Å². The van der Waals surface area contributed by atoms with E-state index >= 15 is 0 Å². The zero-order chi connectivity index (χ0) is 14.9. The standard InChI is InChI=1S/C20H13O2.Ho/c21-16-10-11-17(18(13-16)14-6-2-1-3-7-14)20-12-15-8-4-5-9-19(15)22-20;/h1-3,5-13,21H;/q-1;. The molecule has 3 heteroatoms. The second kappa shape index (κ2) is 6.79. The van der Waals surface area contributed by atoms with Crippen molar-refractivity contribution in [1.82, 2.24) is 0 Å². The minimum atomic E-state index is 0. The number of hydrogen-bond donors (Lipinski definition) is 1. The van der Waals surface area contributed by atoms with Gasteiger partial charge in [0.1, 0.15) is 11.5 Å². The molecule has 2 nitrogen and oxygen atoms in total. The summed E-state index contributed by atoms with van der Waals surface area (Å²) >= 11 is 0. The number of aromatic hydroxyl groups is 1. The second-order valence-corrected chi connectivity index (χ2v) is 5.17. The molecule has 0 saturated heterocycles. The van der Waals surface area contributed by atoms with Gasteiger partial charge in [-0.05, 0) is 29.3 Å². The van der Waals surface area contributed by atoms with Crippen LogP contribution in [0.2, 0.25) is 0 Å². The van der Waals surface area contributed by atoms with Crippen molar-refractivity contribution in [2.24, 2.45) is 0 Å². The molecule has 4 rings (SSSR count). The number of furan rings is 1. The summed E-state index contributed by atoms with van der Waals surface area (Å²) in [4.78, 5) is 0. The molecule has 0 aliphatic heterocycles. The van der Waals surface area contributed by atoms with Gasteiger partial charge in [0.05, 0.1) is 0 Å². The fourth-order valence-electron chi connectivity index (χ4n) is 2.66. The summed E-state index contributed by atoms with van der Waals surface area (Å²) in [6.07, 6.45) is 0. The summed E-state index contributed by atoms with van der Waals surface area (Å²) in [6.45, 7) is 0. The van der Waals surface area contributed by atoms with E-state index in [0.29, 0.717) is 0 Å². The third-order valence-electron chi connectivity index (χ3n) is 3.71. The molecule has 4 aromatic rings. The molecule has 1 aromatic heterocycles. The fourth-order valence-corrected chi connectivity index (χ4v) is 2.66. The van der Waals surface area contributed by atoms with E-state index in [9.17, 15) is 5.11 Å². The Hall–Kier alpha value is -1.74. The first-order chi connectivity index (χ1) is 10.8. The van der Waals surface area contributed by atoms with Crippen molar-refractivity contribution in [2.75, 3.05) is 0 Å². The Kier molecular flexibility index (Phi) is 4.76. The Morgan fingerprint density at radius 2 is 1.70 bits per heavy atom. The molecule has 23 heavy (non-hydrogen) atoms. The van der Waals surface area contributed by atoms with Gasteiger partial charge < -0.3 is 9.52 Å². The molecule has 0 spiro atoms. The van der Waals surface area contributed by atoms with E-state index in [0.717, 1.165) is 33.4 Å². The smallest absolute Gasteiger partial charge is 0.120 e. The maximum absolute atomic E-state index is 9.85. The molecule has 0 bridgehead atoms. The van der Waals surface area contributed by atoms with Gasteiger partial charge >= 0.3 is 0 Å². The Bertz CT molecular complexity index is 909. The van der Waals surface area contributed by atoms with Crippen LogP contribution >= 0.6 is 0 Å². The van der Waals surface area contributed by atoms with E-state index < -0.39 is 0 Å². The van der Waals surface area contributed by atoms with Crippen LogP contribution in [-0.2, 0) is 0 Å². The van der Waals surface area contributed by atoms with Crippen molar-refractivity contribution in [3.05, 3.63) is 78.9 Å². The van der Waals surface area contributed by atoms with Gasteiger partial charge in [-0.25, -0.2) is 0 Å². The van der Waals surface area contributed by atoms with Gasteiger partial charge in [-0.3, -0.25) is 0 Å². The molecule has 3 aromatic carbocycles. The van der Waals surface area contributed by atoms with Crippen molar-refractivity contribution in [3.63, 3.8) is 0 Å². The molecule has 0 aliphatic rings. The second-order valence-electron chi connectivity index (χ2n) is 5.17. The largest absolute Gasteiger partial charge is 0.508 e. The summed E-state index contributed by atoms with van der Waals surface area (Å²) in [5.74, 6) is 1.03. The van der Waals surface area contributed by atoms with E-state index in [2.05, 4.69) is 6.07 Å². The molecule has 0 fully saturated rings. The first-order valence-corrected chi connectivity index (χ1v) is 7.10. The molecule has 1 heterocycles. The van der Waals surface area contributed by atoms with Crippen molar-refractivity contribution in [3.8, 4) is 28.2 Å². The van der Waals surface area contributed by atoms with Crippen molar-refractivity contribution in [1.29, 1.82) is 0 Å². The first kappa shape index (κ1) is 16.1. The maximum atomic E-state index is 9.85. The van der Waals surface area contributed by atoms with Gasteiger partial charge in [0, 0.05) is 48.9 Å². The molecular formula is C20H13HoO2-. The van der Waals surface area contributed by atoms with Crippen LogP contribution in [0.1, 0.15) is 0 Å². The third-order valence-corrected chi connectivity index (χ3v) is 3.71. The summed E-state index contributed by atoms with van der Waals surface area (Å²) in [6, 6.07) is 26.0. The zero-order valence-electron chi connectivity index (χ0n) is 12.1. The predicted octanol–water partition coefficient (Wildman–Crippen LogP) is 5.27. The molecule has 0 amide bonds. The SMILES string of the molecule is Oc1ccc(-c2cc3c[c-]ccc3o2)c(-c2ccccc2)c1.[Ho]. The topological polar surface area (TPSA) is 33.4 Å². The zero-order valence-corrected chi connectivity index (χ0v) is 14.0. The number of fused-ring (bicyclic) bond motifs is 1. The van der Waals surface area contributed by atoms with E-state index in [1.54, 1.807) is 12.1 Å². The Balaban J connectivity index is 0.00000156. The summed E-state index contributed by atoms with van der Waals surface area (Å²) in [5, 5.41) is 10.9. The van der Waals surface area contributed by atoms with Crippen LogP contribution < -0.4 is 0 Å². The van der Waals surface area contributed by atoms with E-state index in [-0.39, 0.29) is 43.5 Å². The molecule has 1 N–H and O–H groups in total. The molecule has 1 radical (unpaired) electrons. The van der Waals surface area contributed by atoms with Gasteiger partial charge in [-0.1, -0.05) is 41.8 Å². The summed E-state index contributed by atoms with van der Waals surface area (Å²) < 4.78 is 5.95. The van der Waals surface area contributed by atoms with Crippen LogP contribution in [0.5, 0.6) is 5.75 Å². The van der Waals surface area contributed by atoms with Crippen LogP contribution in [0.15, 0.2) is 77.2 Å². The Labute approximate surface area is 164 Å². The monoisotopic (exact) mass is 450 g/mol. The van der Waals surface area contributed by atoms with Gasteiger partial charge in [0.2, 0.25) is 0 Å². The molecule has 117 valence electrons. The van der Waals surface area contributed by atoms with E-state index in [4.69, 9.17) is 4.42 Å². The maximum Gasteiger partial charge on any atom is 0.120 e. The van der Waals surface area contributed by atoms with Crippen molar-refractivity contribution >= 4 is 11.0 Å². The molecule has 0 atom stereocenters. The Morgan fingerprint density at radius 1 is 0.870 bits per heavy atom. The van der Waals surface area contributed by atoms with Crippen LogP contribution in [0.25, 0.3) is 33.4 Å². The van der Waals surface area contributed by atoms with Gasteiger partial charge in [0.15, 0.2) is 0 Å². The third kappa shape index (κ3) is 3.16. The van der Waals surface area contributed by atoms with Gasteiger partial charge in [0.25, 0.3) is 0 Å². The van der Waals surface area contributed by atoms with Crippen LogP contribution in [0.3, 0.4) is 0 Å². The average molecular weight is 450 g/mol. The first-order valence-electron chi connectivity index (χ1n) is 7.10. The number of rotatable bonds is 2. The van der Waals surface area contributed by atoms with Crippen molar-refractivity contribution in [2.45, 2.75) is 0 Å². The fraction of sp³-hybridized carbons (Fsp3) is 0. The number of benzene rings is 3. The minimum Gasteiger partial charge on any atom is -0.508 e. The van der Waals surface area contributed by atoms with Gasteiger partial charge in [-0.15, -0.1) is 6.07 Å². The molecular weight excluding hydrogens is 437 g/mol. The van der Waals surface area contributed by atoms with E-state index in [1.165, 1.54) is 0 Å². The Morgan fingerprint density at radius 3 is 2.48 bits per heavy atom. The number of phenolic OH excluding ortho intramolecular Hbond substituents is 1. The summed E-state index contributed by atoms with van der Waals surface area (Å²) in [7, 11) is 0. The van der Waals surface area contributed by atoms with Gasteiger partial charge in [-0.2, -0.15) is 18.2 Å². The number of hydrogen-bond acceptors (Lipinski definition) is 2. The normalized spacial score (nSPS) is 10.4. The molecule has 0 saturated carbocycles. The quantitative estimate of drug-likeness (QED) is 0.334.